The van der Waals surface area contributed by atoms with Gasteiger partial charge in [-0.3, -0.25) is 0 Å². The molecule has 0 bridgehead atoms. The molecule has 2 atom stereocenters. The van der Waals surface area contributed by atoms with Crippen LogP contribution in [0.3, 0.4) is 0 Å². The molecular formula is C33H30Cl2NZr. The van der Waals surface area contributed by atoms with Crippen LogP contribution in [0.1, 0.15) is 36.5 Å². The van der Waals surface area contributed by atoms with E-state index < -0.39 is 0 Å². The molecule has 0 fully saturated rings. The first-order valence-corrected chi connectivity index (χ1v) is 12.1. The van der Waals surface area contributed by atoms with Crippen molar-refractivity contribution in [2.75, 3.05) is 11.9 Å². The van der Waals surface area contributed by atoms with Crippen LogP contribution in [-0.2, 0) is 31.6 Å². The smallest absolute Gasteiger partial charge is 1.00 e. The van der Waals surface area contributed by atoms with Gasteiger partial charge in [-0.2, -0.15) is 18.1 Å². The van der Waals surface area contributed by atoms with Gasteiger partial charge in [-0.15, -0.1) is 17.7 Å². The van der Waals surface area contributed by atoms with Crippen molar-refractivity contribution < 1.29 is 51.0 Å². The molecule has 6 rings (SSSR count). The number of rotatable bonds is 4. The van der Waals surface area contributed by atoms with Gasteiger partial charge in [0.1, 0.15) is 0 Å². The van der Waals surface area contributed by atoms with E-state index in [4.69, 9.17) is 0 Å². The summed E-state index contributed by atoms with van der Waals surface area (Å²) in [6.07, 6.45) is 14.3. The molecule has 3 aromatic carbocycles. The predicted octanol–water partition coefficient (Wildman–Crippen LogP) is 1.87. The third-order valence-electron chi connectivity index (χ3n) is 7.58. The van der Waals surface area contributed by atoms with E-state index in [0.717, 1.165) is 0 Å². The number of para-hydroxylation sites is 1. The standard InChI is InChI=1S/C33H30N.2ClH.Zr/c1-32(2)22-25-14-12-20-33(29(25)23-32,26-15-6-4-7-16-26)31-28-19-11-10-13-24(28)21-30(31)34(3)27-17-8-5-9-18-27;;;/h4-23,31H,1-3H3;2*1H;/q-1;;;+3/p-2. The Bertz CT molecular complexity index is 1370. The summed E-state index contributed by atoms with van der Waals surface area (Å²) in [5.41, 5.74) is 9.07. The van der Waals surface area contributed by atoms with Crippen LogP contribution >= 0.6 is 0 Å². The molecule has 3 aromatic rings. The van der Waals surface area contributed by atoms with Gasteiger partial charge in [-0.25, -0.2) is 0 Å². The Morgan fingerprint density at radius 2 is 1.43 bits per heavy atom. The predicted molar refractivity (Wildman–Crippen MR) is 144 cm³/mol. The Hall–Kier alpha value is -2.25. The van der Waals surface area contributed by atoms with Crippen LogP contribution in [0.15, 0.2) is 126 Å². The number of anilines is 1. The number of benzene rings is 3. The monoisotopic (exact) mass is 600 g/mol. The van der Waals surface area contributed by atoms with Crippen molar-refractivity contribution in [1.29, 1.82) is 0 Å². The molecule has 1 radical (unpaired) electrons. The number of allylic oxidation sites excluding steroid dienone is 7. The maximum absolute atomic E-state index is 2.50. The van der Waals surface area contributed by atoms with Crippen molar-refractivity contribution in [3.63, 3.8) is 0 Å². The largest absolute Gasteiger partial charge is 3.00 e. The minimum atomic E-state index is -0.295. The minimum absolute atomic E-state index is 0. The van der Waals surface area contributed by atoms with E-state index in [9.17, 15) is 0 Å². The van der Waals surface area contributed by atoms with Gasteiger partial charge < -0.3 is 29.7 Å². The first kappa shape index (κ1) is 29.3. The van der Waals surface area contributed by atoms with Gasteiger partial charge in [0, 0.05) is 29.8 Å². The van der Waals surface area contributed by atoms with E-state index in [1.165, 1.54) is 39.2 Å². The second kappa shape index (κ2) is 11.2. The van der Waals surface area contributed by atoms with E-state index in [2.05, 4.69) is 148 Å². The Morgan fingerprint density at radius 1 is 0.811 bits per heavy atom. The van der Waals surface area contributed by atoms with Gasteiger partial charge >= 0.3 is 26.2 Å². The molecule has 2 unspecified atom stereocenters. The van der Waals surface area contributed by atoms with Crippen molar-refractivity contribution in [2.24, 2.45) is 5.41 Å². The summed E-state index contributed by atoms with van der Waals surface area (Å²) in [4.78, 5) is 2.38. The molecule has 0 aliphatic heterocycles. The van der Waals surface area contributed by atoms with Crippen LogP contribution in [0.4, 0.5) is 5.69 Å². The van der Waals surface area contributed by atoms with Crippen molar-refractivity contribution in [1.82, 2.24) is 0 Å². The molecule has 0 amide bonds. The van der Waals surface area contributed by atoms with Crippen LogP contribution < -0.4 is 29.7 Å². The number of likely N-dealkylation sites (N-methyl/N-ethyl adjacent to an activating group) is 1. The van der Waals surface area contributed by atoms with E-state index >= 15 is 0 Å². The first-order valence-electron chi connectivity index (χ1n) is 12.1. The molecule has 0 spiro atoms. The molecule has 0 heterocycles. The molecule has 0 saturated heterocycles. The molecule has 37 heavy (non-hydrogen) atoms. The number of hydrogen-bond donors (Lipinski definition) is 0. The maximum atomic E-state index is 2.50. The van der Waals surface area contributed by atoms with Crippen LogP contribution in [-0.4, -0.2) is 7.05 Å². The summed E-state index contributed by atoms with van der Waals surface area (Å²) in [5.74, 6) is 0.157. The fourth-order valence-corrected chi connectivity index (χ4v) is 6.13. The zero-order chi connectivity index (χ0) is 23.3. The van der Waals surface area contributed by atoms with Gasteiger partial charge in [0.15, 0.2) is 0 Å². The summed E-state index contributed by atoms with van der Waals surface area (Å²) < 4.78 is 0. The van der Waals surface area contributed by atoms with Crippen molar-refractivity contribution >= 4 is 11.8 Å². The van der Waals surface area contributed by atoms with Gasteiger partial charge in [-0.1, -0.05) is 98.1 Å². The second-order valence-corrected chi connectivity index (χ2v) is 10.3. The minimum Gasteiger partial charge on any atom is -1.00 e. The summed E-state index contributed by atoms with van der Waals surface area (Å²) >= 11 is 0. The molecule has 1 nitrogen and oxygen atoms in total. The zero-order valence-electron chi connectivity index (χ0n) is 21.3. The quantitative estimate of drug-likeness (QED) is 0.413. The number of fused-ring (bicyclic) bond motifs is 2. The summed E-state index contributed by atoms with van der Waals surface area (Å²) in [5, 5.41) is 0. The van der Waals surface area contributed by atoms with Crippen molar-refractivity contribution in [3.05, 3.63) is 149 Å². The molecular weight excluding hydrogens is 573 g/mol. The van der Waals surface area contributed by atoms with Gasteiger partial charge in [0.2, 0.25) is 0 Å². The molecule has 3 aliphatic rings. The van der Waals surface area contributed by atoms with Crippen molar-refractivity contribution in [2.45, 2.75) is 25.2 Å². The molecule has 3 aliphatic carbocycles. The maximum Gasteiger partial charge on any atom is 3.00 e. The van der Waals surface area contributed by atoms with Crippen LogP contribution in [0.5, 0.6) is 0 Å². The molecule has 185 valence electrons. The Kier molecular flexibility index (Phi) is 8.91. The van der Waals surface area contributed by atoms with Crippen molar-refractivity contribution in [3.8, 4) is 0 Å². The summed E-state index contributed by atoms with van der Waals surface area (Å²) in [6.45, 7) is 4.62. The normalized spacial score (nSPS) is 21.9. The van der Waals surface area contributed by atoms with E-state index in [1.807, 2.05) is 0 Å². The summed E-state index contributed by atoms with van der Waals surface area (Å²) in [7, 11) is 2.21. The zero-order valence-corrected chi connectivity index (χ0v) is 25.3. The molecule has 0 saturated carbocycles. The average molecular weight is 603 g/mol. The fraction of sp³-hybridized carbons (Fsp3) is 0.182. The number of hydrogen-bond acceptors (Lipinski definition) is 1. The van der Waals surface area contributed by atoms with E-state index in [1.54, 1.807) is 0 Å². The third-order valence-corrected chi connectivity index (χ3v) is 7.58. The van der Waals surface area contributed by atoms with Gasteiger partial charge in [0.25, 0.3) is 0 Å². The fourth-order valence-electron chi connectivity index (χ4n) is 6.13. The number of nitrogens with zero attached hydrogens (tertiary/aromatic N) is 1. The van der Waals surface area contributed by atoms with Crippen LogP contribution in [0, 0.1) is 11.8 Å². The summed E-state index contributed by atoms with van der Waals surface area (Å²) in [6, 6.07) is 30.7. The Balaban J connectivity index is 0.00000127. The number of halogens is 2. The molecule has 0 N–H and O–H groups in total. The average Bonchev–Trinajstić information content (AvgIpc) is 3.41. The topological polar surface area (TPSA) is 3.24 Å². The van der Waals surface area contributed by atoms with Crippen LogP contribution in [0.25, 0.3) is 6.08 Å². The van der Waals surface area contributed by atoms with E-state index in [0.29, 0.717) is 0 Å². The third kappa shape index (κ3) is 4.85. The van der Waals surface area contributed by atoms with Gasteiger partial charge in [0.05, 0.1) is 0 Å². The first-order chi connectivity index (χ1) is 16.5. The van der Waals surface area contributed by atoms with Gasteiger partial charge in [-0.05, 0) is 34.9 Å². The Morgan fingerprint density at radius 3 is 2.14 bits per heavy atom. The molecule has 4 heteroatoms. The SMILES string of the molecule is CN(C1=Cc2ccccc2C1C1(c2ccccc2)C=CC=C2[CH-]C(C)(C)C=C21)c1ccccc1.[Cl-].[Cl-].[Zr+3]. The second-order valence-electron chi connectivity index (χ2n) is 10.3. The van der Waals surface area contributed by atoms with Crippen LogP contribution in [0.2, 0.25) is 0 Å². The van der Waals surface area contributed by atoms with E-state index in [-0.39, 0.29) is 67.8 Å². The Labute approximate surface area is 253 Å². The molecule has 0 aromatic heterocycles.